The second-order valence-corrected chi connectivity index (χ2v) is 6.78. The lowest BCUT2D eigenvalue weighted by atomic mass is 9.98. The summed E-state index contributed by atoms with van der Waals surface area (Å²) in [5, 5.41) is 18.5. The maximum atomic E-state index is 11.9. The quantitative estimate of drug-likeness (QED) is 0.526. The molecule has 0 aliphatic heterocycles. The molecule has 172 valence electrons. The summed E-state index contributed by atoms with van der Waals surface area (Å²) in [6, 6.07) is 16.1. The van der Waals surface area contributed by atoms with Crippen LogP contribution in [0.3, 0.4) is 0 Å². The van der Waals surface area contributed by atoms with E-state index in [0.29, 0.717) is 0 Å². The van der Waals surface area contributed by atoms with Gasteiger partial charge in [-0.3, -0.25) is 4.79 Å². The molecule has 11 heteroatoms. The van der Waals surface area contributed by atoms with Gasteiger partial charge in [-0.2, -0.15) is 13.2 Å². The van der Waals surface area contributed by atoms with Crippen molar-refractivity contribution in [2.24, 2.45) is 11.7 Å². The monoisotopic (exact) mass is 454 g/mol. The van der Waals surface area contributed by atoms with E-state index in [2.05, 4.69) is 17.4 Å². The summed E-state index contributed by atoms with van der Waals surface area (Å²) in [5.74, 6) is -4.64. The Balaban J connectivity index is 0.000000451. The Hall–Kier alpha value is -3.60. The molecule has 0 bridgehead atoms. The van der Waals surface area contributed by atoms with Crippen LogP contribution in [-0.4, -0.2) is 54.1 Å². The van der Waals surface area contributed by atoms with Crippen LogP contribution in [0.25, 0.3) is 11.1 Å². The predicted molar refractivity (Wildman–Crippen MR) is 107 cm³/mol. The van der Waals surface area contributed by atoms with Crippen LogP contribution in [0.5, 0.6) is 0 Å². The second-order valence-electron chi connectivity index (χ2n) is 6.78. The van der Waals surface area contributed by atoms with Gasteiger partial charge in [0.15, 0.2) is 0 Å². The highest BCUT2D eigenvalue weighted by Gasteiger charge is 2.38. The first-order valence-corrected chi connectivity index (χ1v) is 9.38. The zero-order chi connectivity index (χ0) is 23.9. The Kier molecular flexibility index (Phi) is 8.19. The van der Waals surface area contributed by atoms with Crippen LogP contribution in [0, 0.1) is 5.92 Å². The van der Waals surface area contributed by atoms with Gasteiger partial charge in [0.2, 0.25) is 0 Å². The third kappa shape index (κ3) is 6.20. The highest BCUT2D eigenvalue weighted by Crippen LogP contribution is 2.44. The van der Waals surface area contributed by atoms with E-state index in [1.165, 1.54) is 0 Å². The van der Waals surface area contributed by atoms with Gasteiger partial charge in [0.1, 0.15) is 6.61 Å². The third-order valence-corrected chi connectivity index (χ3v) is 4.71. The van der Waals surface area contributed by atoms with Gasteiger partial charge < -0.3 is 26.0 Å². The molecule has 2 aromatic rings. The standard InChI is InChI=1S/C19H20N2O4.C2HF3O2/c20-9-12(18(22)23)10-21-19(24)25-11-17-15-7-3-1-5-13(15)14-6-2-4-8-16(14)17;3-2(4,5)1(6)7/h1-8,12,17H,9-11,20H2,(H,21,24)(H,22,23);(H,6,7). The molecular formula is C21H21F3N2O6. The van der Waals surface area contributed by atoms with Crippen molar-refractivity contribution in [3.8, 4) is 11.1 Å². The van der Waals surface area contributed by atoms with Crippen molar-refractivity contribution in [2.75, 3.05) is 19.7 Å². The van der Waals surface area contributed by atoms with Gasteiger partial charge in [0.05, 0.1) is 5.92 Å². The molecule has 8 nitrogen and oxygen atoms in total. The first-order valence-electron chi connectivity index (χ1n) is 9.38. The topological polar surface area (TPSA) is 139 Å². The number of carbonyl (C=O) groups is 3. The largest absolute Gasteiger partial charge is 0.490 e. The highest BCUT2D eigenvalue weighted by molar-refractivity contribution is 5.79. The van der Waals surface area contributed by atoms with Gasteiger partial charge in [0, 0.05) is 19.0 Å². The molecule has 5 N–H and O–H groups in total. The Labute approximate surface area is 180 Å². The smallest absolute Gasteiger partial charge is 0.481 e. The van der Waals surface area contributed by atoms with Crippen LogP contribution < -0.4 is 11.1 Å². The first-order chi connectivity index (χ1) is 15.1. The van der Waals surface area contributed by atoms with E-state index in [-0.39, 0.29) is 25.6 Å². The molecule has 0 heterocycles. The minimum atomic E-state index is -5.08. The summed E-state index contributed by atoms with van der Waals surface area (Å²) in [5.41, 5.74) is 9.93. The Morgan fingerprint density at radius 1 is 1.00 bits per heavy atom. The number of nitrogens with one attached hydrogen (secondary N) is 1. The summed E-state index contributed by atoms with van der Waals surface area (Å²) in [6.07, 6.45) is -5.72. The lowest BCUT2D eigenvalue weighted by Gasteiger charge is -2.15. The number of carboxylic acids is 2. The minimum Gasteiger partial charge on any atom is -0.481 e. The van der Waals surface area contributed by atoms with Crippen molar-refractivity contribution in [3.63, 3.8) is 0 Å². The van der Waals surface area contributed by atoms with Crippen LogP contribution in [0.1, 0.15) is 17.0 Å². The van der Waals surface area contributed by atoms with Crippen LogP contribution in [0.4, 0.5) is 18.0 Å². The fourth-order valence-electron chi connectivity index (χ4n) is 3.13. The summed E-state index contributed by atoms with van der Waals surface area (Å²) in [6.45, 7) is 0.0989. The van der Waals surface area contributed by atoms with Crippen LogP contribution in [0.15, 0.2) is 48.5 Å². The van der Waals surface area contributed by atoms with Crippen LogP contribution in [-0.2, 0) is 14.3 Å². The maximum absolute atomic E-state index is 11.9. The van der Waals surface area contributed by atoms with Crippen molar-refractivity contribution in [1.82, 2.24) is 5.32 Å². The number of hydrogen-bond donors (Lipinski definition) is 4. The van der Waals surface area contributed by atoms with Gasteiger partial charge in [-0.05, 0) is 22.3 Å². The molecule has 0 saturated heterocycles. The van der Waals surface area contributed by atoms with Crippen molar-refractivity contribution in [1.29, 1.82) is 0 Å². The van der Waals surface area contributed by atoms with Gasteiger partial charge in [-0.1, -0.05) is 48.5 Å². The molecule has 1 atom stereocenters. The summed E-state index contributed by atoms with van der Waals surface area (Å²) < 4.78 is 37.1. The molecule has 32 heavy (non-hydrogen) atoms. The molecule has 0 aromatic heterocycles. The SMILES string of the molecule is NCC(CNC(=O)OCC1c2ccccc2-c2ccccc21)C(=O)O.O=C(O)C(F)(F)F. The maximum Gasteiger partial charge on any atom is 0.490 e. The normalized spacial score (nSPS) is 13.1. The molecule has 1 aliphatic rings. The lowest BCUT2D eigenvalue weighted by Crippen LogP contribution is -2.37. The van der Waals surface area contributed by atoms with Gasteiger partial charge in [-0.15, -0.1) is 0 Å². The third-order valence-electron chi connectivity index (χ3n) is 4.71. The zero-order valence-corrected chi connectivity index (χ0v) is 16.6. The molecule has 1 unspecified atom stereocenters. The number of amides is 1. The molecule has 2 aromatic carbocycles. The van der Waals surface area contributed by atoms with E-state index in [0.717, 1.165) is 22.3 Å². The van der Waals surface area contributed by atoms with Crippen molar-refractivity contribution >= 4 is 18.0 Å². The molecule has 3 rings (SSSR count). The molecule has 0 spiro atoms. The van der Waals surface area contributed by atoms with Crippen LogP contribution >= 0.6 is 0 Å². The number of nitrogens with two attached hydrogens (primary N) is 1. The van der Waals surface area contributed by atoms with Gasteiger partial charge in [-0.25, -0.2) is 9.59 Å². The number of alkyl carbamates (subject to hydrolysis) is 1. The number of benzene rings is 2. The van der Waals surface area contributed by atoms with E-state index >= 15 is 0 Å². The van der Waals surface area contributed by atoms with E-state index in [1.54, 1.807) is 0 Å². The van der Waals surface area contributed by atoms with Gasteiger partial charge >= 0.3 is 24.2 Å². The summed E-state index contributed by atoms with van der Waals surface area (Å²) in [4.78, 5) is 31.7. The Morgan fingerprint density at radius 2 is 1.47 bits per heavy atom. The fourth-order valence-corrected chi connectivity index (χ4v) is 3.13. The fraction of sp³-hybridized carbons (Fsp3) is 0.286. The highest BCUT2D eigenvalue weighted by atomic mass is 19.4. The van der Waals surface area contributed by atoms with E-state index < -0.39 is 30.1 Å². The average Bonchev–Trinajstić information content (AvgIpc) is 3.06. The van der Waals surface area contributed by atoms with Gasteiger partial charge in [0.25, 0.3) is 0 Å². The number of carbonyl (C=O) groups excluding carboxylic acids is 1. The molecule has 1 aliphatic carbocycles. The number of ether oxygens (including phenoxy) is 1. The molecular weight excluding hydrogens is 433 g/mol. The minimum absolute atomic E-state index is 0.0251. The van der Waals surface area contributed by atoms with Crippen molar-refractivity contribution in [2.45, 2.75) is 12.1 Å². The first kappa shape index (κ1) is 24.7. The number of alkyl halides is 3. The predicted octanol–water partition coefficient (Wildman–Crippen LogP) is 2.82. The van der Waals surface area contributed by atoms with Crippen molar-refractivity contribution < 1.29 is 42.5 Å². The molecule has 1 amide bonds. The second kappa shape index (κ2) is 10.6. The number of hydrogen-bond acceptors (Lipinski definition) is 5. The molecule has 0 saturated carbocycles. The summed E-state index contributed by atoms with van der Waals surface area (Å²) >= 11 is 0. The Morgan fingerprint density at radius 3 is 1.88 bits per heavy atom. The summed E-state index contributed by atoms with van der Waals surface area (Å²) in [7, 11) is 0. The number of rotatable bonds is 6. The van der Waals surface area contributed by atoms with Crippen LogP contribution in [0.2, 0.25) is 0 Å². The van der Waals surface area contributed by atoms with E-state index in [9.17, 15) is 22.8 Å². The number of halogens is 3. The Bertz CT molecular complexity index is 935. The number of fused-ring (bicyclic) bond motifs is 3. The van der Waals surface area contributed by atoms with E-state index in [4.69, 9.17) is 25.5 Å². The van der Waals surface area contributed by atoms with E-state index in [1.807, 2.05) is 36.4 Å². The zero-order valence-electron chi connectivity index (χ0n) is 16.6. The molecule has 0 fully saturated rings. The number of aliphatic carboxylic acids is 2. The average molecular weight is 454 g/mol. The molecule has 0 radical (unpaired) electrons. The number of carboxylic acid groups (broad SMARTS) is 2. The van der Waals surface area contributed by atoms with Crippen molar-refractivity contribution in [3.05, 3.63) is 59.7 Å². The lowest BCUT2D eigenvalue weighted by molar-refractivity contribution is -0.192.